The van der Waals surface area contributed by atoms with Crippen molar-refractivity contribution in [3.05, 3.63) is 64.6 Å². The summed E-state index contributed by atoms with van der Waals surface area (Å²) < 4.78 is 10.2. The van der Waals surface area contributed by atoms with E-state index in [0.717, 1.165) is 16.0 Å². The van der Waals surface area contributed by atoms with E-state index >= 15 is 0 Å². The lowest BCUT2D eigenvalue weighted by molar-refractivity contribution is -0.119. The third kappa shape index (κ3) is 5.32. The molecule has 3 rings (SSSR count). The van der Waals surface area contributed by atoms with Crippen LogP contribution in [0.4, 0.5) is 5.00 Å². The Bertz CT molecular complexity index is 1090. The molecule has 0 radical (unpaired) electrons. The van der Waals surface area contributed by atoms with Crippen molar-refractivity contribution in [3.8, 4) is 11.1 Å². The molecule has 1 N–H and O–H groups in total. The van der Waals surface area contributed by atoms with E-state index in [9.17, 15) is 14.4 Å². The molecule has 1 aromatic carbocycles. The average Bonchev–Trinajstić information content (AvgIpc) is 3.09. The number of thiophene rings is 1. The van der Waals surface area contributed by atoms with Gasteiger partial charge in [-0.2, -0.15) is 0 Å². The number of hydrogen-bond acceptors (Lipinski definition) is 8. The fourth-order valence-corrected chi connectivity index (χ4v) is 3.95. The number of esters is 2. The second-order valence-electron chi connectivity index (χ2n) is 6.54. The number of nitrogens with one attached hydrogen (secondary N) is 1. The van der Waals surface area contributed by atoms with Gasteiger partial charge in [-0.05, 0) is 26.3 Å². The molecule has 0 spiro atoms. The molecule has 0 bridgehead atoms. The molecule has 3 aromatic rings. The Morgan fingerprint density at radius 2 is 1.77 bits per heavy atom. The molecule has 2 aromatic heterocycles. The predicted octanol–water partition coefficient (Wildman–Crippen LogP) is 3.79. The Hall–Kier alpha value is -3.59. The van der Waals surface area contributed by atoms with Crippen molar-refractivity contribution in [3.63, 3.8) is 0 Å². The number of aryl methyl sites for hydroxylation is 2. The number of rotatable bonds is 7. The van der Waals surface area contributed by atoms with Crippen LogP contribution in [-0.4, -0.2) is 41.0 Å². The largest absolute Gasteiger partial charge is 0.462 e. The molecule has 0 unspecified atom stereocenters. The second kappa shape index (κ2) is 9.94. The van der Waals surface area contributed by atoms with Gasteiger partial charge in [0.25, 0.3) is 5.91 Å². The number of ether oxygens (including phenoxy) is 2. The van der Waals surface area contributed by atoms with Gasteiger partial charge in [-0.15, -0.1) is 11.3 Å². The summed E-state index contributed by atoms with van der Waals surface area (Å²) in [5.74, 6) is -1.88. The van der Waals surface area contributed by atoms with Gasteiger partial charge in [0.1, 0.15) is 10.6 Å². The van der Waals surface area contributed by atoms with Crippen LogP contribution >= 0.6 is 11.3 Å². The fourth-order valence-electron chi connectivity index (χ4n) is 2.87. The van der Waals surface area contributed by atoms with E-state index in [1.165, 1.54) is 29.9 Å². The highest BCUT2D eigenvalue weighted by Gasteiger charge is 2.25. The first kappa shape index (κ1) is 22.1. The lowest BCUT2D eigenvalue weighted by atomic mass is 10.0. The minimum atomic E-state index is -0.767. The number of hydrogen-bond donors (Lipinski definition) is 1. The molecule has 8 nitrogen and oxygen atoms in total. The summed E-state index contributed by atoms with van der Waals surface area (Å²) in [5, 5.41) is 3.00. The Labute approximate surface area is 183 Å². The van der Waals surface area contributed by atoms with Crippen molar-refractivity contribution in [2.24, 2.45) is 0 Å². The summed E-state index contributed by atoms with van der Waals surface area (Å²) in [6.07, 6.45) is 4.02. The van der Waals surface area contributed by atoms with Gasteiger partial charge in [0.2, 0.25) is 0 Å². The maximum atomic E-state index is 12.7. The maximum Gasteiger partial charge on any atom is 0.359 e. The zero-order chi connectivity index (χ0) is 22.4. The summed E-state index contributed by atoms with van der Waals surface area (Å²) in [6, 6.07) is 7.74. The quantitative estimate of drug-likeness (QED) is 0.558. The van der Waals surface area contributed by atoms with Crippen molar-refractivity contribution in [1.82, 2.24) is 9.97 Å². The first-order valence-electron chi connectivity index (χ1n) is 9.51. The molecule has 0 fully saturated rings. The molecule has 0 aliphatic rings. The Balaban J connectivity index is 1.82. The molecule has 31 heavy (non-hydrogen) atoms. The predicted molar refractivity (Wildman–Crippen MR) is 116 cm³/mol. The number of carbonyl (C=O) groups excluding carboxylic acids is 3. The Morgan fingerprint density at radius 3 is 2.42 bits per heavy atom. The van der Waals surface area contributed by atoms with E-state index in [2.05, 4.69) is 15.3 Å². The van der Waals surface area contributed by atoms with Gasteiger partial charge in [-0.3, -0.25) is 9.78 Å². The van der Waals surface area contributed by atoms with E-state index in [-0.39, 0.29) is 17.9 Å². The van der Waals surface area contributed by atoms with Crippen LogP contribution in [0.1, 0.15) is 38.2 Å². The molecule has 0 saturated carbocycles. The van der Waals surface area contributed by atoms with E-state index in [4.69, 9.17) is 9.47 Å². The first-order chi connectivity index (χ1) is 14.9. The molecule has 2 heterocycles. The topological polar surface area (TPSA) is 107 Å². The number of nitrogens with zero attached hydrogens (tertiary/aromatic N) is 2. The van der Waals surface area contributed by atoms with Crippen molar-refractivity contribution in [1.29, 1.82) is 0 Å². The monoisotopic (exact) mass is 439 g/mol. The molecule has 0 aliphatic heterocycles. The van der Waals surface area contributed by atoms with E-state index in [0.29, 0.717) is 10.6 Å². The Kier molecular flexibility index (Phi) is 7.09. The third-order valence-corrected chi connectivity index (χ3v) is 5.28. The van der Waals surface area contributed by atoms with Crippen molar-refractivity contribution in [2.75, 3.05) is 18.5 Å². The van der Waals surface area contributed by atoms with Crippen LogP contribution in [0.3, 0.4) is 0 Å². The van der Waals surface area contributed by atoms with Crippen LogP contribution in [0, 0.1) is 13.8 Å². The molecule has 160 valence electrons. The summed E-state index contributed by atoms with van der Waals surface area (Å²) >= 11 is 1.26. The van der Waals surface area contributed by atoms with Crippen LogP contribution in [-0.2, 0) is 14.3 Å². The summed E-state index contributed by atoms with van der Waals surface area (Å²) in [7, 11) is 0. The van der Waals surface area contributed by atoms with Crippen molar-refractivity contribution >= 4 is 34.2 Å². The lowest BCUT2D eigenvalue weighted by Crippen LogP contribution is -2.22. The van der Waals surface area contributed by atoms with Crippen LogP contribution < -0.4 is 5.32 Å². The highest BCUT2D eigenvalue weighted by atomic mass is 32.1. The molecule has 0 aliphatic carbocycles. The minimum absolute atomic E-state index is 0.00358. The van der Waals surface area contributed by atoms with Crippen LogP contribution in [0.25, 0.3) is 11.1 Å². The normalized spacial score (nSPS) is 10.4. The SMILES string of the molecule is CCOC(=O)c1c(NC(=O)COC(=O)c2cnccn2)sc(C)c1-c1ccc(C)cc1. The number of anilines is 1. The van der Waals surface area contributed by atoms with Crippen molar-refractivity contribution in [2.45, 2.75) is 20.8 Å². The van der Waals surface area contributed by atoms with Gasteiger partial charge in [0.15, 0.2) is 12.3 Å². The van der Waals surface area contributed by atoms with Crippen molar-refractivity contribution < 1.29 is 23.9 Å². The van der Waals surface area contributed by atoms with Gasteiger partial charge in [0.05, 0.1) is 12.8 Å². The Morgan fingerprint density at radius 1 is 1.03 bits per heavy atom. The van der Waals surface area contributed by atoms with Gasteiger partial charge in [0, 0.05) is 22.8 Å². The van der Waals surface area contributed by atoms with E-state index in [1.807, 2.05) is 38.1 Å². The number of amides is 1. The molecule has 9 heteroatoms. The van der Waals surface area contributed by atoms with Gasteiger partial charge >= 0.3 is 11.9 Å². The molecule has 0 atom stereocenters. The van der Waals surface area contributed by atoms with Crippen LogP contribution in [0.5, 0.6) is 0 Å². The summed E-state index contributed by atoms with van der Waals surface area (Å²) in [6.45, 7) is 5.22. The van der Waals surface area contributed by atoms with Gasteiger partial charge < -0.3 is 14.8 Å². The lowest BCUT2D eigenvalue weighted by Gasteiger charge is -2.09. The maximum absolute atomic E-state index is 12.7. The van der Waals surface area contributed by atoms with Crippen LogP contribution in [0.2, 0.25) is 0 Å². The highest BCUT2D eigenvalue weighted by Crippen LogP contribution is 2.40. The standard InChI is InChI=1S/C22H21N3O5S/c1-4-29-22(28)19-18(15-7-5-13(2)6-8-15)14(3)31-20(19)25-17(26)12-30-21(27)16-11-23-9-10-24-16/h5-11H,4,12H2,1-3H3,(H,25,26). The average molecular weight is 439 g/mol. The summed E-state index contributed by atoms with van der Waals surface area (Å²) in [4.78, 5) is 45.5. The summed E-state index contributed by atoms with van der Waals surface area (Å²) in [5.41, 5.74) is 2.91. The molecular weight excluding hydrogens is 418 g/mol. The van der Waals surface area contributed by atoms with Gasteiger partial charge in [-0.25, -0.2) is 14.6 Å². The molecular formula is C22H21N3O5S. The van der Waals surface area contributed by atoms with E-state index in [1.54, 1.807) is 6.92 Å². The molecule has 0 saturated heterocycles. The zero-order valence-corrected chi connectivity index (χ0v) is 18.1. The van der Waals surface area contributed by atoms with E-state index < -0.39 is 24.5 Å². The second-order valence-corrected chi connectivity index (χ2v) is 7.76. The smallest absolute Gasteiger partial charge is 0.359 e. The first-order valence-corrected chi connectivity index (χ1v) is 10.3. The number of benzene rings is 1. The minimum Gasteiger partial charge on any atom is -0.462 e. The third-order valence-electron chi connectivity index (χ3n) is 4.26. The number of aromatic nitrogens is 2. The van der Waals surface area contributed by atoms with Gasteiger partial charge in [-0.1, -0.05) is 29.8 Å². The fraction of sp³-hybridized carbons (Fsp3) is 0.227. The van der Waals surface area contributed by atoms with Crippen LogP contribution in [0.15, 0.2) is 42.9 Å². The number of carbonyl (C=O) groups is 3. The molecule has 1 amide bonds. The highest BCUT2D eigenvalue weighted by molar-refractivity contribution is 7.17. The zero-order valence-electron chi connectivity index (χ0n) is 17.3.